The summed E-state index contributed by atoms with van der Waals surface area (Å²) in [6, 6.07) is 11.7. The van der Waals surface area contributed by atoms with E-state index in [9.17, 15) is 0 Å². The van der Waals surface area contributed by atoms with Crippen molar-refractivity contribution in [2.75, 3.05) is 6.61 Å². The van der Waals surface area contributed by atoms with Gasteiger partial charge in [-0.25, -0.2) is 0 Å². The second-order valence-electron chi connectivity index (χ2n) is 10.2. The molecule has 1 unspecified atom stereocenters. The molecule has 0 saturated heterocycles. The molecule has 0 aliphatic rings. The van der Waals surface area contributed by atoms with Crippen molar-refractivity contribution >= 4 is 41.1 Å². The van der Waals surface area contributed by atoms with Gasteiger partial charge in [0.05, 0.1) is 0 Å². The van der Waals surface area contributed by atoms with Gasteiger partial charge in [0.2, 0.25) is 0 Å². The Morgan fingerprint density at radius 3 is 1.87 bits per heavy atom. The molecular formula is C26H47NOSiSn. The summed E-state index contributed by atoms with van der Waals surface area (Å²) in [7, 11) is -1.56. The van der Waals surface area contributed by atoms with Crippen molar-refractivity contribution in [3.05, 3.63) is 30.3 Å². The van der Waals surface area contributed by atoms with Gasteiger partial charge in [-0.05, 0) is 0 Å². The first-order valence-corrected chi connectivity index (χ1v) is 23.6. The molecule has 0 bridgehead atoms. The molecule has 1 heterocycles. The van der Waals surface area contributed by atoms with Crippen LogP contribution in [-0.2, 0) is 4.74 Å². The topological polar surface area (TPSA) is 14.2 Å². The number of benzene rings is 1. The monoisotopic (exact) mass is 537 g/mol. The van der Waals surface area contributed by atoms with Crippen LogP contribution in [0.5, 0.6) is 0 Å². The third-order valence-electron chi connectivity index (χ3n) is 6.62. The molecule has 0 saturated carbocycles. The number of para-hydroxylation sites is 1. The molecule has 0 fully saturated rings. The second kappa shape index (κ2) is 12.1. The fourth-order valence-electron chi connectivity index (χ4n) is 5.01. The van der Waals surface area contributed by atoms with Gasteiger partial charge in [-0.3, -0.25) is 0 Å². The van der Waals surface area contributed by atoms with E-state index in [1.165, 1.54) is 62.7 Å². The van der Waals surface area contributed by atoms with Crippen molar-refractivity contribution in [3.8, 4) is 0 Å². The first-order valence-electron chi connectivity index (χ1n) is 12.6. The molecule has 1 atom stereocenters. The SMILES string of the molecule is CCC[CH2][Sn]([CH2]CCC)([CH2]CCC)[c]1cc2ccccc2n1C(OCC)[Si](C)(C)C. The Morgan fingerprint density at radius 1 is 0.867 bits per heavy atom. The van der Waals surface area contributed by atoms with E-state index < -0.39 is 26.5 Å². The van der Waals surface area contributed by atoms with Crippen LogP contribution in [0, 0.1) is 0 Å². The van der Waals surface area contributed by atoms with Gasteiger partial charge in [0.25, 0.3) is 0 Å². The third-order valence-corrected chi connectivity index (χ3v) is 23.9. The number of nitrogens with zero attached hydrogens (tertiary/aromatic N) is 1. The molecule has 170 valence electrons. The molecule has 2 rings (SSSR count). The van der Waals surface area contributed by atoms with Crippen molar-refractivity contribution < 1.29 is 4.74 Å². The van der Waals surface area contributed by atoms with Crippen LogP contribution in [0.3, 0.4) is 0 Å². The van der Waals surface area contributed by atoms with E-state index in [0.717, 1.165) is 6.61 Å². The average Bonchev–Trinajstić information content (AvgIpc) is 3.10. The normalized spacial score (nSPS) is 13.8. The number of fused-ring (bicyclic) bond motifs is 1. The van der Waals surface area contributed by atoms with E-state index in [0.29, 0.717) is 0 Å². The number of unbranched alkanes of at least 4 members (excludes halogenated alkanes) is 3. The number of hydrogen-bond donors (Lipinski definition) is 0. The first kappa shape index (κ1) is 26.0. The summed E-state index contributed by atoms with van der Waals surface area (Å²) in [5.74, 6) is 0.235. The van der Waals surface area contributed by atoms with E-state index in [4.69, 9.17) is 4.74 Å². The van der Waals surface area contributed by atoms with Gasteiger partial charge in [-0.1, -0.05) is 0 Å². The summed E-state index contributed by atoms with van der Waals surface area (Å²) in [6.45, 7) is 17.5. The molecular weight excluding hydrogens is 489 g/mol. The van der Waals surface area contributed by atoms with Gasteiger partial charge in [0, 0.05) is 0 Å². The Morgan fingerprint density at radius 2 is 1.40 bits per heavy atom. The van der Waals surface area contributed by atoms with Crippen molar-refractivity contribution in [1.29, 1.82) is 0 Å². The van der Waals surface area contributed by atoms with Gasteiger partial charge < -0.3 is 0 Å². The Hall–Kier alpha value is -0.264. The maximum absolute atomic E-state index is 6.57. The van der Waals surface area contributed by atoms with Crippen LogP contribution >= 0.6 is 0 Å². The van der Waals surface area contributed by atoms with Crippen LogP contribution in [0.15, 0.2) is 30.3 Å². The number of aromatic nitrogens is 1. The molecule has 0 aliphatic heterocycles. The summed E-state index contributed by atoms with van der Waals surface area (Å²) < 4.78 is 15.6. The van der Waals surface area contributed by atoms with Crippen molar-refractivity contribution in [2.45, 2.75) is 105 Å². The van der Waals surface area contributed by atoms with Gasteiger partial charge in [0.15, 0.2) is 0 Å². The standard InChI is InChI=1S/C14H20NOSi.3C4H9.Sn/c1-5-16-14(17(2,3)4)15-11-10-12-8-6-7-9-13(12)15;3*1-3-4-2;/h6-10,14H,5H2,1-4H3;3*1,3-4H2,2H3;. The average molecular weight is 536 g/mol. The summed E-state index contributed by atoms with van der Waals surface area (Å²) in [6.07, 6.45) is 8.16. The third kappa shape index (κ3) is 6.16. The fourth-order valence-corrected chi connectivity index (χ4v) is 23.7. The summed E-state index contributed by atoms with van der Waals surface area (Å²) in [4.78, 5) is 0. The zero-order chi connectivity index (χ0) is 22.2. The molecule has 0 spiro atoms. The van der Waals surface area contributed by atoms with Crippen LogP contribution in [-0.4, -0.2) is 37.6 Å². The van der Waals surface area contributed by atoms with Gasteiger partial charge in [-0.2, -0.15) is 0 Å². The Balaban J connectivity index is 2.77. The van der Waals surface area contributed by atoms with Crippen molar-refractivity contribution in [2.24, 2.45) is 0 Å². The molecule has 0 N–H and O–H groups in total. The molecule has 30 heavy (non-hydrogen) atoms. The van der Waals surface area contributed by atoms with Gasteiger partial charge in [-0.15, -0.1) is 0 Å². The van der Waals surface area contributed by atoms with Crippen LogP contribution in [0.1, 0.15) is 72.1 Å². The molecule has 4 heteroatoms. The second-order valence-corrected chi connectivity index (χ2v) is 28.5. The Bertz CT molecular complexity index is 742. The predicted octanol–water partition coefficient (Wildman–Crippen LogP) is 8.11. The summed E-state index contributed by atoms with van der Waals surface area (Å²) in [5, 5.41) is 1.43. The number of hydrogen-bond acceptors (Lipinski definition) is 1. The Kier molecular flexibility index (Phi) is 10.5. The molecule has 0 radical (unpaired) electrons. The molecule has 0 aliphatic carbocycles. The number of rotatable bonds is 14. The van der Waals surface area contributed by atoms with E-state index in [1.807, 2.05) is 0 Å². The first-order chi connectivity index (χ1) is 14.3. The predicted molar refractivity (Wildman–Crippen MR) is 140 cm³/mol. The Labute approximate surface area is 191 Å². The maximum atomic E-state index is 6.57. The molecule has 2 nitrogen and oxygen atoms in total. The zero-order valence-corrected chi connectivity index (χ0v) is 24.7. The quantitative estimate of drug-likeness (QED) is 0.223. The summed E-state index contributed by atoms with van der Waals surface area (Å²) >= 11 is -2.59. The molecule has 1 aromatic heterocycles. The van der Waals surface area contributed by atoms with Crippen molar-refractivity contribution in [3.63, 3.8) is 0 Å². The fraction of sp³-hybridized carbons (Fsp3) is 0.692. The van der Waals surface area contributed by atoms with Crippen molar-refractivity contribution in [1.82, 2.24) is 4.57 Å². The zero-order valence-electron chi connectivity index (χ0n) is 20.9. The van der Waals surface area contributed by atoms with Crippen LogP contribution in [0.25, 0.3) is 10.9 Å². The van der Waals surface area contributed by atoms with Gasteiger partial charge >= 0.3 is 192 Å². The number of ether oxygens (including phenoxy) is 1. The van der Waals surface area contributed by atoms with E-state index >= 15 is 0 Å². The molecule has 1 aromatic carbocycles. The molecule has 0 amide bonds. The van der Waals surface area contributed by atoms with E-state index in [2.05, 4.69) is 82.2 Å². The van der Waals surface area contributed by atoms with Crippen LogP contribution in [0.2, 0.25) is 33.0 Å². The minimum absolute atomic E-state index is 0.235. The molecule has 2 aromatic rings. The van der Waals surface area contributed by atoms with E-state index in [1.54, 1.807) is 3.71 Å². The van der Waals surface area contributed by atoms with E-state index in [-0.39, 0.29) is 5.85 Å². The van der Waals surface area contributed by atoms with Gasteiger partial charge in [0.1, 0.15) is 0 Å². The minimum atomic E-state index is -2.59. The summed E-state index contributed by atoms with van der Waals surface area (Å²) in [5.41, 5.74) is 1.42. The van der Waals surface area contributed by atoms with Crippen LogP contribution < -0.4 is 3.71 Å². The van der Waals surface area contributed by atoms with Crippen LogP contribution in [0.4, 0.5) is 0 Å².